The molecule has 0 saturated carbocycles. The van der Waals surface area contributed by atoms with Gasteiger partial charge in [-0.05, 0) is 31.0 Å². The normalized spacial score (nSPS) is 14.1. The Balaban J connectivity index is 1.68. The minimum atomic E-state index is 0.847. The first kappa shape index (κ1) is 12.4. The number of fused-ring (bicyclic) bond motifs is 1. The van der Waals surface area contributed by atoms with E-state index in [-0.39, 0.29) is 0 Å². The van der Waals surface area contributed by atoms with E-state index in [1.165, 1.54) is 24.2 Å². The molecule has 17 heavy (non-hydrogen) atoms. The fourth-order valence-electron chi connectivity index (χ4n) is 2.32. The van der Waals surface area contributed by atoms with Gasteiger partial charge < -0.3 is 15.0 Å². The van der Waals surface area contributed by atoms with Crippen molar-refractivity contribution in [3.63, 3.8) is 0 Å². The summed E-state index contributed by atoms with van der Waals surface area (Å²) in [5, 5.41) is 3.46. The topological polar surface area (TPSA) is 24.5 Å². The zero-order valence-corrected chi connectivity index (χ0v) is 10.6. The number of rotatable bonds is 7. The summed E-state index contributed by atoms with van der Waals surface area (Å²) in [5.74, 6) is 0. The van der Waals surface area contributed by atoms with Crippen LogP contribution < -0.4 is 10.2 Å². The molecule has 1 N–H and O–H groups in total. The van der Waals surface area contributed by atoms with Crippen LogP contribution in [0.25, 0.3) is 0 Å². The lowest BCUT2D eigenvalue weighted by atomic mass is 10.2. The molecule has 0 amide bonds. The van der Waals surface area contributed by atoms with Gasteiger partial charge in [-0.3, -0.25) is 0 Å². The summed E-state index contributed by atoms with van der Waals surface area (Å²) in [6, 6.07) is 8.73. The van der Waals surface area contributed by atoms with Crippen molar-refractivity contribution in [1.29, 1.82) is 0 Å². The van der Waals surface area contributed by atoms with Crippen LogP contribution >= 0.6 is 0 Å². The maximum absolute atomic E-state index is 5.02. The Morgan fingerprint density at radius 2 is 2.18 bits per heavy atom. The smallest absolute Gasteiger partial charge is 0.0474 e. The molecule has 0 saturated heterocycles. The van der Waals surface area contributed by atoms with E-state index in [9.17, 15) is 0 Å². The SMILES string of the molecule is COCCCNCCN1CCc2ccccc21. The van der Waals surface area contributed by atoms with E-state index in [2.05, 4.69) is 34.5 Å². The molecule has 1 aliphatic heterocycles. The van der Waals surface area contributed by atoms with Crippen molar-refractivity contribution in [3.8, 4) is 0 Å². The predicted octanol–water partition coefficient (Wildman–Crippen LogP) is 1.68. The molecule has 0 aliphatic carbocycles. The predicted molar refractivity (Wildman–Crippen MR) is 71.7 cm³/mol. The monoisotopic (exact) mass is 234 g/mol. The van der Waals surface area contributed by atoms with Gasteiger partial charge in [-0.25, -0.2) is 0 Å². The van der Waals surface area contributed by atoms with E-state index >= 15 is 0 Å². The van der Waals surface area contributed by atoms with Crippen LogP contribution in [0.1, 0.15) is 12.0 Å². The molecular formula is C14H22N2O. The summed E-state index contributed by atoms with van der Waals surface area (Å²) in [7, 11) is 1.75. The molecule has 3 heteroatoms. The number of methoxy groups -OCH3 is 1. The van der Waals surface area contributed by atoms with Crippen molar-refractivity contribution in [2.75, 3.05) is 44.8 Å². The molecule has 1 aromatic rings. The van der Waals surface area contributed by atoms with Gasteiger partial charge in [0, 0.05) is 39.0 Å². The van der Waals surface area contributed by atoms with Crippen LogP contribution in [-0.4, -0.2) is 39.9 Å². The standard InChI is InChI=1S/C14H22N2O/c1-17-12-4-8-15-9-11-16-10-7-13-5-2-3-6-14(13)16/h2-3,5-6,15H,4,7-12H2,1H3. The minimum Gasteiger partial charge on any atom is -0.385 e. The maximum atomic E-state index is 5.02. The molecular weight excluding hydrogens is 212 g/mol. The van der Waals surface area contributed by atoms with Crippen molar-refractivity contribution in [3.05, 3.63) is 29.8 Å². The third kappa shape index (κ3) is 3.45. The lowest BCUT2D eigenvalue weighted by molar-refractivity contribution is 0.194. The van der Waals surface area contributed by atoms with E-state index in [1.54, 1.807) is 7.11 Å². The van der Waals surface area contributed by atoms with Crippen LogP contribution in [0.2, 0.25) is 0 Å². The first-order chi connectivity index (χ1) is 8.42. The van der Waals surface area contributed by atoms with Crippen molar-refractivity contribution in [2.45, 2.75) is 12.8 Å². The number of benzene rings is 1. The molecule has 0 aromatic heterocycles. The van der Waals surface area contributed by atoms with Crippen molar-refractivity contribution < 1.29 is 4.74 Å². The first-order valence-electron chi connectivity index (χ1n) is 6.44. The lowest BCUT2D eigenvalue weighted by Gasteiger charge is -2.19. The highest BCUT2D eigenvalue weighted by atomic mass is 16.5. The first-order valence-corrected chi connectivity index (χ1v) is 6.44. The van der Waals surface area contributed by atoms with Crippen LogP contribution in [0.3, 0.4) is 0 Å². The van der Waals surface area contributed by atoms with Crippen molar-refractivity contribution in [2.24, 2.45) is 0 Å². The van der Waals surface area contributed by atoms with Crippen molar-refractivity contribution in [1.82, 2.24) is 5.32 Å². The zero-order chi connectivity index (χ0) is 11.9. The second-order valence-corrected chi connectivity index (χ2v) is 4.46. The summed E-state index contributed by atoms with van der Waals surface area (Å²) in [6.45, 7) is 5.21. The molecule has 94 valence electrons. The van der Waals surface area contributed by atoms with E-state index in [0.717, 1.165) is 32.7 Å². The molecule has 1 aliphatic rings. The van der Waals surface area contributed by atoms with Gasteiger partial charge in [0.1, 0.15) is 0 Å². The van der Waals surface area contributed by atoms with E-state index in [4.69, 9.17) is 4.74 Å². The van der Waals surface area contributed by atoms with Gasteiger partial charge in [0.2, 0.25) is 0 Å². The highest BCUT2D eigenvalue weighted by molar-refractivity contribution is 5.57. The Hall–Kier alpha value is -1.06. The van der Waals surface area contributed by atoms with Crippen LogP contribution in [0, 0.1) is 0 Å². The van der Waals surface area contributed by atoms with E-state index in [1.807, 2.05) is 0 Å². The summed E-state index contributed by atoms with van der Waals surface area (Å²) in [5.41, 5.74) is 2.91. The molecule has 1 aromatic carbocycles. The summed E-state index contributed by atoms with van der Waals surface area (Å²) < 4.78 is 5.02. The summed E-state index contributed by atoms with van der Waals surface area (Å²) >= 11 is 0. The minimum absolute atomic E-state index is 0.847. The molecule has 0 bridgehead atoms. The number of hydrogen-bond acceptors (Lipinski definition) is 3. The molecule has 1 heterocycles. The summed E-state index contributed by atoms with van der Waals surface area (Å²) in [6.07, 6.45) is 2.28. The number of ether oxygens (including phenoxy) is 1. The molecule has 0 spiro atoms. The number of anilines is 1. The Morgan fingerprint density at radius 3 is 3.06 bits per heavy atom. The highest BCUT2D eigenvalue weighted by Gasteiger charge is 2.16. The number of hydrogen-bond donors (Lipinski definition) is 1. The van der Waals surface area contributed by atoms with Gasteiger partial charge >= 0.3 is 0 Å². The average Bonchev–Trinajstić information content (AvgIpc) is 2.77. The third-order valence-corrected chi connectivity index (χ3v) is 3.24. The Kier molecular flexibility index (Phi) is 4.83. The van der Waals surface area contributed by atoms with Gasteiger partial charge in [0.15, 0.2) is 0 Å². The van der Waals surface area contributed by atoms with Gasteiger partial charge in [-0.1, -0.05) is 18.2 Å². The maximum Gasteiger partial charge on any atom is 0.0474 e. The number of para-hydroxylation sites is 1. The molecule has 0 atom stereocenters. The van der Waals surface area contributed by atoms with Crippen LogP contribution in [0.4, 0.5) is 5.69 Å². The lowest BCUT2D eigenvalue weighted by Crippen LogP contribution is -2.31. The van der Waals surface area contributed by atoms with Gasteiger partial charge in [0.25, 0.3) is 0 Å². The second-order valence-electron chi connectivity index (χ2n) is 4.46. The van der Waals surface area contributed by atoms with E-state index < -0.39 is 0 Å². The number of nitrogens with zero attached hydrogens (tertiary/aromatic N) is 1. The molecule has 3 nitrogen and oxygen atoms in total. The molecule has 0 fully saturated rings. The van der Waals surface area contributed by atoms with Gasteiger partial charge in [-0.15, -0.1) is 0 Å². The molecule has 0 unspecified atom stereocenters. The summed E-state index contributed by atoms with van der Waals surface area (Å²) in [4.78, 5) is 2.47. The van der Waals surface area contributed by atoms with Crippen LogP contribution in [-0.2, 0) is 11.2 Å². The average molecular weight is 234 g/mol. The molecule has 0 radical (unpaired) electrons. The zero-order valence-electron chi connectivity index (χ0n) is 10.6. The van der Waals surface area contributed by atoms with Crippen LogP contribution in [0.5, 0.6) is 0 Å². The second kappa shape index (κ2) is 6.62. The fourth-order valence-corrected chi connectivity index (χ4v) is 2.32. The number of nitrogens with one attached hydrogen (secondary N) is 1. The molecule has 2 rings (SSSR count). The van der Waals surface area contributed by atoms with Gasteiger partial charge in [-0.2, -0.15) is 0 Å². The quantitative estimate of drug-likeness (QED) is 0.726. The van der Waals surface area contributed by atoms with E-state index in [0.29, 0.717) is 0 Å². The Bertz CT molecular complexity index is 341. The Labute approximate surface area is 104 Å². The van der Waals surface area contributed by atoms with Crippen molar-refractivity contribution >= 4 is 5.69 Å². The largest absolute Gasteiger partial charge is 0.385 e. The van der Waals surface area contributed by atoms with Gasteiger partial charge in [0.05, 0.1) is 0 Å². The van der Waals surface area contributed by atoms with Crippen LogP contribution in [0.15, 0.2) is 24.3 Å². The highest BCUT2D eigenvalue weighted by Crippen LogP contribution is 2.26. The Morgan fingerprint density at radius 1 is 1.29 bits per heavy atom. The third-order valence-electron chi connectivity index (χ3n) is 3.24. The fraction of sp³-hybridized carbons (Fsp3) is 0.571.